The van der Waals surface area contributed by atoms with Gasteiger partial charge in [-0.1, -0.05) is 41.0 Å². The Labute approximate surface area is 180 Å². The zero-order chi connectivity index (χ0) is 21.4. The lowest BCUT2D eigenvalue weighted by Gasteiger charge is -2.05. The number of thioether (sulfide) groups is 1. The Hall–Kier alpha value is -2.65. The number of sulfone groups is 1. The van der Waals surface area contributed by atoms with E-state index in [0.29, 0.717) is 12.3 Å². The van der Waals surface area contributed by atoms with Crippen molar-refractivity contribution < 1.29 is 17.6 Å². The summed E-state index contributed by atoms with van der Waals surface area (Å²) >= 11 is 1.68. The van der Waals surface area contributed by atoms with Crippen molar-refractivity contribution in [2.24, 2.45) is 0 Å². The van der Waals surface area contributed by atoms with Crippen LogP contribution in [0.4, 0.5) is 6.01 Å². The monoisotopic (exact) mass is 445 g/mol. The summed E-state index contributed by atoms with van der Waals surface area (Å²) in [5, 5.41) is 10.3. The quantitative estimate of drug-likeness (QED) is 0.472. The fraction of sp³-hybridized carbons (Fsp3) is 0.286. The number of nitrogens with zero attached hydrogens (tertiary/aromatic N) is 2. The summed E-state index contributed by atoms with van der Waals surface area (Å²) in [6.45, 7) is 1.89. The molecular weight excluding hydrogens is 422 g/mol. The van der Waals surface area contributed by atoms with Gasteiger partial charge in [0.1, 0.15) is 0 Å². The van der Waals surface area contributed by atoms with Crippen LogP contribution in [0.3, 0.4) is 0 Å². The predicted molar refractivity (Wildman–Crippen MR) is 116 cm³/mol. The van der Waals surface area contributed by atoms with Crippen molar-refractivity contribution in [3.63, 3.8) is 0 Å². The minimum absolute atomic E-state index is 0.0288. The maximum Gasteiger partial charge on any atom is 0.322 e. The average Bonchev–Trinajstić information content (AvgIpc) is 3.16. The maximum atomic E-state index is 12.3. The number of aromatic nitrogens is 2. The number of carbonyl (C=O) groups excluding carboxylic acids is 1. The van der Waals surface area contributed by atoms with Crippen molar-refractivity contribution in [1.29, 1.82) is 0 Å². The molecule has 0 bridgehead atoms. The highest BCUT2D eigenvalue weighted by atomic mass is 32.2. The molecule has 1 amide bonds. The maximum absolute atomic E-state index is 12.3. The Morgan fingerprint density at radius 2 is 1.80 bits per heavy atom. The van der Waals surface area contributed by atoms with Crippen molar-refractivity contribution in [1.82, 2.24) is 10.2 Å². The number of aryl methyl sites for hydroxylation is 2. The zero-order valence-corrected chi connectivity index (χ0v) is 18.2. The van der Waals surface area contributed by atoms with Crippen LogP contribution >= 0.6 is 11.8 Å². The van der Waals surface area contributed by atoms with E-state index in [1.807, 2.05) is 37.3 Å². The van der Waals surface area contributed by atoms with Crippen LogP contribution in [0.2, 0.25) is 0 Å². The molecule has 0 spiro atoms. The molecule has 0 aliphatic carbocycles. The molecule has 3 aromatic rings. The molecule has 9 heteroatoms. The van der Waals surface area contributed by atoms with Gasteiger partial charge in [-0.05, 0) is 37.6 Å². The third-order valence-electron chi connectivity index (χ3n) is 4.24. The average molecular weight is 446 g/mol. The number of hydrogen-bond donors (Lipinski definition) is 1. The Kier molecular flexibility index (Phi) is 7.64. The van der Waals surface area contributed by atoms with E-state index in [-0.39, 0.29) is 35.4 Å². The summed E-state index contributed by atoms with van der Waals surface area (Å²) in [6, 6.07) is 16.7. The first-order valence-corrected chi connectivity index (χ1v) is 12.2. The SMILES string of the molecule is Cc1ccc(S(=O)(=O)CCCC(=O)Nc2nnc(CCSc3ccccc3)o2)cc1. The first-order chi connectivity index (χ1) is 14.4. The van der Waals surface area contributed by atoms with Gasteiger partial charge in [0.05, 0.1) is 10.6 Å². The lowest BCUT2D eigenvalue weighted by Crippen LogP contribution is -2.14. The van der Waals surface area contributed by atoms with E-state index < -0.39 is 9.84 Å². The molecule has 3 rings (SSSR count). The van der Waals surface area contributed by atoms with Gasteiger partial charge >= 0.3 is 6.01 Å². The highest BCUT2D eigenvalue weighted by Gasteiger charge is 2.16. The molecule has 30 heavy (non-hydrogen) atoms. The van der Waals surface area contributed by atoms with Crippen molar-refractivity contribution in [2.75, 3.05) is 16.8 Å². The smallest absolute Gasteiger partial charge is 0.322 e. The molecule has 0 fully saturated rings. The minimum Gasteiger partial charge on any atom is -0.408 e. The van der Waals surface area contributed by atoms with Crippen LogP contribution in [0.25, 0.3) is 0 Å². The van der Waals surface area contributed by atoms with Crippen LogP contribution < -0.4 is 5.32 Å². The lowest BCUT2D eigenvalue weighted by molar-refractivity contribution is -0.116. The molecule has 0 saturated heterocycles. The summed E-state index contributed by atoms with van der Waals surface area (Å²) in [7, 11) is -3.41. The van der Waals surface area contributed by atoms with E-state index in [9.17, 15) is 13.2 Å². The summed E-state index contributed by atoms with van der Waals surface area (Å²) in [5.74, 6) is 0.754. The van der Waals surface area contributed by atoms with Gasteiger partial charge in [0.25, 0.3) is 0 Å². The van der Waals surface area contributed by atoms with E-state index in [1.54, 1.807) is 36.0 Å². The predicted octanol–water partition coefficient (Wildman–Crippen LogP) is 3.91. The first kappa shape index (κ1) is 22.0. The number of amides is 1. The summed E-state index contributed by atoms with van der Waals surface area (Å²) in [4.78, 5) is 13.5. The van der Waals surface area contributed by atoms with Gasteiger partial charge in [-0.15, -0.1) is 16.9 Å². The highest BCUT2D eigenvalue weighted by Crippen LogP contribution is 2.19. The lowest BCUT2D eigenvalue weighted by atomic mass is 10.2. The molecule has 1 N–H and O–H groups in total. The highest BCUT2D eigenvalue weighted by molar-refractivity contribution is 7.99. The summed E-state index contributed by atoms with van der Waals surface area (Å²) in [6.07, 6.45) is 0.834. The standard InChI is InChI=1S/C21H23N3O4S2/c1-16-9-11-18(12-10-16)30(26,27)15-5-8-19(25)22-21-24-23-20(28-21)13-14-29-17-6-3-2-4-7-17/h2-4,6-7,9-12H,5,8,13-15H2,1H3,(H,22,24,25). The zero-order valence-electron chi connectivity index (χ0n) is 16.6. The van der Waals surface area contributed by atoms with Crippen LogP contribution in [-0.2, 0) is 21.1 Å². The Morgan fingerprint density at radius 3 is 2.53 bits per heavy atom. The molecule has 1 heterocycles. The Morgan fingerprint density at radius 1 is 1.07 bits per heavy atom. The van der Waals surface area contributed by atoms with Gasteiger partial charge in [-0.2, -0.15) is 0 Å². The Balaban J connectivity index is 1.40. The Bertz CT molecular complexity index is 1070. The number of nitrogens with one attached hydrogen (secondary N) is 1. The largest absolute Gasteiger partial charge is 0.408 e. The molecule has 0 atom stereocenters. The number of hydrogen-bond acceptors (Lipinski definition) is 7. The van der Waals surface area contributed by atoms with E-state index in [1.165, 1.54) is 0 Å². The molecule has 2 aromatic carbocycles. The van der Waals surface area contributed by atoms with Crippen molar-refractivity contribution in [2.45, 2.75) is 36.0 Å². The number of rotatable bonds is 10. The topological polar surface area (TPSA) is 102 Å². The molecule has 0 radical (unpaired) electrons. The van der Waals surface area contributed by atoms with E-state index in [2.05, 4.69) is 15.5 Å². The molecule has 0 unspecified atom stereocenters. The van der Waals surface area contributed by atoms with E-state index >= 15 is 0 Å². The molecule has 7 nitrogen and oxygen atoms in total. The van der Waals surface area contributed by atoms with Crippen molar-refractivity contribution in [3.8, 4) is 0 Å². The van der Waals surface area contributed by atoms with Crippen LogP contribution in [0, 0.1) is 6.92 Å². The molecule has 158 valence electrons. The van der Waals surface area contributed by atoms with Gasteiger partial charge in [0, 0.05) is 23.5 Å². The molecular formula is C21H23N3O4S2. The van der Waals surface area contributed by atoms with E-state index in [0.717, 1.165) is 16.2 Å². The summed E-state index contributed by atoms with van der Waals surface area (Å²) in [5.41, 5.74) is 0.992. The van der Waals surface area contributed by atoms with Gasteiger partial charge in [0.15, 0.2) is 9.84 Å². The van der Waals surface area contributed by atoms with E-state index in [4.69, 9.17) is 4.42 Å². The second kappa shape index (κ2) is 10.4. The second-order valence-electron chi connectivity index (χ2n) is 6.70. The molecule has 0 saturated carbocycles. The third-order valence-corrected chi connectivity index (χ3v) is 7.07. The third kappa shape index (κ3) is 6.70. The number of benzene rings is 2. The number of anilines is 1. The number of carbonyl (C=O) groups is 1. The van der Waals surface area contributed by atoms with Gasteiger partial charge < -0.3 is 4.42 Å². The van der Waals surface area contributed by atoms with Crippen molar-refractivity contribution in [3.05, 3.63) is 66.1 Å². The van der Waals surface area contributed by atoms with Gasteiger partial charge in [0.2, 0.25) is 11.8 Å². The van der Waals surface area contributed by atoms with Crippen molar-refractivity contribution >= 4 is 33.5 Å². The normalized spacial score (nSPS) is 11.4. The fourth-order valence-electron chi connectivity index (χ4n) is 2.65. The minimum atomic E-state index is -3.41. The van der Waals surface area contributed by atoms with Crippen LogP contribution in [0.5, 0.6) is 0 Å². The van der Waals surface area contributed by atoms with Gasteiger partial charge in [-0.25, -0.2) is 8.42 Å². The van der Waals surface area contributed by atoms with Crippen LogP contribution in [-0.4, -0.2) is 36.0 Å². The van der Waals surface area contributed by atoms with Gasteiger partial charge in [-0.3, -0.25) is 10.1 Å². The van der Waals surface area contributed by atoms with Crippen LogP contribution in [0.1, 0.15) is 24.3 Å². The molecule has 1 aromatic heterocycles. The fourth-order valence-corrected chi connectivity index (χ4v) is 4.82. The second-order valence-corrected chi connectivity index (χ2v) is 9.97. The van der Waals surface area contributed by atoms with Crippen LogP contribution in [0.15, 0.2) is 68.8 Å². The summed E-state index contributed by atoms with van der Waals surface area (Å²) < 4.78 is 30.1. The molecule has 0 aliphatic rings. The first-order valence-electron chi connectivity index (χ1n) is 9.52. The molecule has 0 aliphatic heterocycles.